The van der Waals surface area contributed by atoms with E-state index in [0.29, 0.717) is 29.5 Å². The number of hydrogen-bond donors (Lipinski definition) is 0. The molecular formula is C17H21N3O2S. The summed E-state index contributed by atoms with van der Waals surface area (Å²) in [5.74, 6) is 0. The number of fused-ring (bicyclic) bond motifs is 1. The summed E-state index contributed by atoms with van der Waals surface area (Å²) >= 11 is 0. The topological polar surface area (TPSA) is 53.5 Å². The van der Waals surface area contributed by atoms with Gasteiger partial charge in [0.25, 0.3) is 0 Å². The largest absolute Gasteiger partial charge is 0.298 e. The summed E-state index contributed by atoms with van der Waals surface area (Å²) < 4.78 is 27.7. The van der Waals surface area contributed by atoms with Crippen molar-refractivity contribution in [3.8, 4) is 0 Å². The maximum absolute atomic E-state index is 13.0. The van der Waals surface area contributed by atoms with Crippen LogP contribution >= 0.6 is 0 Å². The molecular weight excluding hydrogens is 310 g/mol. The molecule has 1 aliphatic carbocycles. The molecule has 6 heteroatoms. The number of sulfonamides is 1. The van der Waals surface area contributed by atoms with Gasteiger partial charge < -0.3 is 0 Å². The second-order valence-electron chi connectivity index (χ2n) is 6.51. The van der Waals surface area contributed by atoms with Crippen LogP contribution in [-0.2, 0) is 10.0 Å². The third kappa shape index (κ3) is 2.75. The Balaban J connectivity index is 1.66. The minimum Gasteiger partial charge on any atom is -0.298 e. The summed E-state index contributed by atoms with van der Waals surface area (Å²) in [5, 5.41) is 0.877. The highest BCUT2D eigenvalue weighted by molar-refractivity contribution is 7.89. The van der Waals surface area contributed by atoms with Gasteiger partial charge >= 0.3 is 0 Å². The number of para-hydroxylation sites is 1. The summed E-state index contributed by atoms with van der Waals surface area (Å²) in [4.78, 5) is 7.12. The fourth-order valence-electron chi connectivity index (χ4n) is 3.34. The summed E-state index contributed by atoms with van der Waals surface area (Å²) in [6.45, 7) is 4.77. The van der Waals surface area contributed by atoms with Gasteiger partial charge in [-0.05, 0) is 37.5 Å². The predicted molar refractivity (Wildman–Crippen MR) is 89.8 cm³/mol. The number of pyridine rings is 1. The monoisotopic (exact) mass is 331 g/mol. The average Bonchev–Trinajstić information content (AvgIpc) is 3.39. The third-order valence-electron chi connectivity index (χ3n) is 4.76. The summed E-state index contributed by atoms with van der Waals surface area (Å²) in [6, 6.07) is 8.07. The molecule has 1 aromatic carbocycles. The number of benzene rings is 1. The zero-order valence-corrected chi connectivity index (χ0v) is 14.1. The Morgan fingerprint density at radius 1 is 1.13 bits per heavy atom. The molecule has 0 amide bonds. The molecule has 2 heterocycles. The van der Waals surface area contributed by atoms with E-state index in [0.717, 1.165) is 24.0 Å². The van der Waals surface area contributed by atoms with Crippen LogP contribution < -0.4 is 0 Å². The molecule has 5 nitrogen and oxygen atoms in total. The van der Waals surface area contributed by atoms with Crippen molar-refractivity contribution in [2.45, 2.75) is 30.7 Å². The van der Waals surface area contributed by atoms with Crippen molar-refractivity contribution in [1.82, 2.24) is 14.2 Å². The van der Waals surface area contributed by atoms with E-state index >= 15 is 0 Å². The Hall–Kier alpha value is -1.50. The van der Waals surface area contributed by atoms with Crippen LogP contribution in [0.4, 0.5) is 0 Å². The first-order chi connectivity index (χ1) is 11.1. The van der Waals surface area contributed by atoms with Crippen molar-refractivity contribution in [3.63, 3.8) is 0 Å². The van der Waals surface area contributed by atoms with E-state index in [1.54, 1.807) is 22.6 Å². The van der Waals surface area contributed by atoms with Gasteiger partial charge in [-0.15, -0.1) is 0 Å². The fraction of sp³-hybridized carbons (Fsp3) is 0.471. The van der Waals surface area contributed by atoms with Gasteiger partial charge in [0.1, 0.15) is 4.90 Å². The molecule has 122 valence electrons. The van der Waals surface area contributed by atoms with Crippen LogP contribution in [0.1, 0.15) is 18.4 Å². The Morgan fingerprint density at radius 3 is 2.57 bits per heavy atom. The molecule has 2 fully saturated rings. The predicted octanol–water partition coefficient (Wildman–Crippen LogP) is 2.01. The molecule has 2 aliphatic rings. The molecule has 0 bridgehead atoms. The summed E-state index contributed by atoms with van der Waals surface area (Å²) in [7, 11) is -3.49. The maximum atomic E-state index is 13.0. The van der Waals surface area contributed by atoms with Crippen LogP contribution in [0.15, 0.2) is 35.4 Å². The lowest BCUT2D eigenvalue weighted by atomic mass is 10.2. The van der Waals surface area contributed by atoms with Crippen LogP contribution in [0.2, 0.25) is 0 Å². The maximum Gasteiger partial charge on any atom is 0.245 e. The van der Waals surface area contributed by atoms with Crippen molar-refractivity contribution in [2.75, 3.05) is 26.2 Å². The standard InChI is InChI=1S/C17H21N3O2S/c1-13-11-14-3-2-4-16(17(14)18-12-13)23(21,22)20-9-7-19(8-10-20)15-5-6-15/h2-4,11-12,15H,5-10H2,1H3. The quantitative estimate of drug-likeness (QED) is 0.863. The van der Waals surface area contributed by atoms with E-state index in [9.17, 15) is 8.42 Å². The van der Waals surface area contributed by atoms with Gasteiger partial charge in [0, 0.05) is 43.8 Å². The first-order valence-corrected chi connectivity index (χ1v) is 9.59. The van der Waals surface area contributed by atoms with Crippen molar-refractivity contribution in [1.29, 1.82) is 0 Å². The highest BCUT2D eigenvalue weighted by Crippen LogP contribution is 2.30. The number of aryl methyl sites for hydroxylation is 1. The number of piperazine rings is 1. The number of aromatic nitrogens is 1. The molecule has 4 rings (SSSR count). The molecule has 0 unspecified atom stereocenters. The van der Waals surface area contributed by atoms with E-state index < -0.39 is 10.0 Å². The minimum absolute atomic E-state index is 0.329. The van der Waals surface area contributed by atoms with E-state index in [1.807, 2.05) is 19.1 Å². The highest BCUT2D eigenvalue weighted by atomic mass is 32.2. The van der Waals surface area contributed by atoms with Gasteiger partial charge in [0.05, 0.1) is 5.52 Å². The second-order valence-corrected chi connectivity index (χ2v) is 8.42. The van der Waals surface area contributed by atoms with E-state index in [-0.39, 0.29) is 0 Å². The molecule has 1 aliphatic heterocycles. The second kappa shape index (κ2) is 5.54. The lowest BCUT2D eigenvalue weighted by molar-refractivity contribution is 0.180. The lowest BCUT2D eigenvalue weighted by Crippen LogP contribution is -2.49. The van der Waals surface area contributed by atoms with Gasteiger partial charge in [0.15, 0.2) is 0 Å². The van der Waals surface area contributed by atoms with Crippen LogP contribution in [0, 0.1) is 6.92 Å². The van der Waals surface area contributed by atoms with Crippen molar-refractivity contribution < 1.29 is 8.42 Å². The van der Waals surface area contributed by atoms with Gasteiger partial charge in [-0.1, -0.05) is 12.1 Å². The van der Waals surface area contributed by atoms with E-state index in [4.69, 9.17) is 0 Å². The third-order valence-corrected chi connectivity index (χ3v) is 6.70. The van der Waals surface area contributed by atoms with Crippen molar-refractivity contribution in [3.05, 3.63) is 36.0 Å². The zero-order valence-electron chi connectivity index (χ0n) is 13.3. The first-order valence-electron chi connectivity index (χ1n) is 8.15. The van der Waals surface area contributed by atoms with Crippen molar-refractivity contribution in [2.24, 2.45) is 0 Å². The highest BCUT2D eigenvalue weighted by Gasteiger charge is 2.35. The Bertz CT molecular complexity index is 838. The van der Waals surface area contributed by atoms with Crippen LogP contribution in [0.5, 0.6) is 0 Å². The molecule has 0 spiro atoms. The first kappa shape index (κ1) is 15.1. The van der Waals surface area contributed by atoms with Crippen LogP contribution in [0.3, 0.4) is 0 Å². The number of rotatable bonds is 3. The molecule has 23 heavy (non-hydrogen) atoms. The molecule has 0 radical (unpaired) electrons. The van der Waals surface area contributed by atoms with Gasteiger partial charge in [-0.2, -0.15) is 4.31 Å². The number of hydrogen-bond acceptors (Lipinski definition) is 4. The molecule has 1 saturated carbocycles. The van der Waals surface area contributed by atoms with E-state index in [1.165, 1.54) is 12.8 Å². The normalized spacial score (nSPS) is 20.9. The molecule has 1 aromatic heterocycles. The lowest BCUT2D eigenvalue weighted by Gasteiger charge is -2.34. The Morgan fingerprint density at radius 2 is 1.87 bits per heavy atom. The average molecular weight is 331 g/mol. The molecule has 0 N–H and O–H groups in total. The fourth-order valence-corrected chi connectivity index (χ4v) is 4.93. The SMILES string of the molecule is Cc1cnc2c(S(=O)(=O)N3CCN(C4CC4)CC3)cccc2c1. The van der Waals surface area contributed by atoms with Crippen LogP contribution in [-0.4, -0.2) is 54.8 Å². The van der Waals surface area contributed by atoms with Gasteiger partial charge in [0.2, 0.25) is 10.0 Å². The Labute approximate surface area is 137 Å². The molecule has 0 atom stereocenters. The summed E-state index contributed by atoms with van der Waals surface area (Å²) in [5.41, 5.74) is 1.60. The molecule has 2 aromatic rings. The Kier molecular flexibility index (Phi) is 3.63. The van der Waals surface area contributed by atoms with Gasteiger partial charge in [-0.3, -0.25) is 9.88 Å². The van der Waals surface area contributed by atoms with E-state index in [2.05, 4.69) is 9.88 Å². The zero-order chi connectivity index (χ0) is 16.0. The van der Waals surface area contributed by atoms with Crippen LogP contribution in [0.25, 0.3) is 10.9 Å². The molecule has 1 saturated heterocycles. The minimum atomic E-state index is -3.49. The summed E-state index contributed by atoms with van der Waals surface area (Å²) in [6.07, 6.45) is 4.26. The smallest absolute Gasteiger partial charge is 0.245 e. The number of nitrogens with zero attached hydrogens (tertiary/aromatic N) is 3. The van der Waals surface area contributed by atoms with Gasteiger partial charge in [-0.25, -0.2) is 8.42 Å². The van der Waals surface area contributed by atoms with Crippen molar-refractivity contribution >= 4 is 20.9 Å².